The van der Waals surface area contributed by atoms with Gasteiger partial charge < -0.3 is 15.2 Å². The lowest BCUT2D eigenvalue weighted by atomic mass is 9.63. The van der Waals surface area contributed by atoms with Crippen molar-refractivity contribution in [2.75, 3.05) is 12.4 Å². The average molecular weight is 440 g/mol. The van der Waals surface area contributed by atoms with Crippen LogP contribution in [0.15, 0.2) is 36.5 Å². The first-order valence-corrected chi connectivity index (χ1v) is 9.71. The number of hydrogen-bond acceptors (Lipinski definition) is 4. The summed E-state index contributed by atoms with van der Waals surface area (Å²) >= 11 is 6.27. The van der Waals surface area contributed by atoms with E-state index >= 15 is 0 Å². The molecule has 0 aliphatic heterocycles. The van der Waals surface area contributed by atoms with Crippen molar-refractivity contribution in [3.05, 3.63) is 52.7 Å². The molecule has 160 valence electrons. The standard InChI is InChI=1S/C21H21ClF3N3O2/c1-19(2)10-20(29,21(23,24)25)18(13-5-6-14(22)17(30-3)16(13)19)27-12-4-7-15-11(8-12)9-26-28-15/h4-9,18,27,29H,10H2,1-3H3,(H,26,28). The largest absolute Gasteiger partial charge is 0.495 e. The molecule has 0 radical (unpaired) electrons. The van der Waals surface area contributed by atoms with Gasteiger partial charge in [-0.2, -0.15) is 18.3 Å². The lowest BCUT2D eigenvalue weighted by Gasteiger charge is -2.49. The number of aromatic amines is 1. The molecule has 3 N–H and O–H groups in total. The van der Waals surface area contributed by atoms with Gasteiger partial charge in [-0.25, -0.2) is 0 Å². The van der Waals surface area contributed by atoms with E-state index in [0.717, 1.165) is 10.9 Å². The molecule has 1 aliphatic rings. The minimum atomic E-state index is -4.87. The third-order valence-corrected chi connectivity index (χ3v) is 6.06. The molecule has 4 rings (SSSR count). The van der Waals surface area contributed by atoms with Gasteiger partial charge in [0, 0.05) is 16.6 Å². The third kappa shape index (κ3) is 3.09. The van der Waals surface area contributed by atoms with Crippen LogP contribution in [0.25, 0.3) is 10.9 Å². The van der Waals surface area contributed by atoms with Crippen molar-refractivity contribution in [3.8, 4) is 5.75 Å². The molecule has 9 heteroatoms. The molecule has 2 unspecified atom stereocenters. The van der Waals surface area contributed by atoms with E-state index in [1.54, 1.807) is 38.2 Å². The zero-order chi connectivity index (χ0) is 21.9. The molecule has 0 saturated heterocycles. The fraction of sp³-hybridized carbons (Fsp3) is 0.381. The highest BCUT2D eigenvalue weighted by molar-refractivity contribution is 6.32. The zero-order valence-corrected chi connectivity index (χ0v) is 17.3. The number of nitrogens with zero attached hydrogens (tertiary/aromatic N) is 1. The predicted octanol–water partition coefficient (Wildman–Crippen LogP) is 5.35. The van der Waals surface area contributed by atoms with Crippen LogP contribution in [-0.2, 0) is 5.41 Å². The number of methoxy groups -OCH3 is 1. The van der Waals surface area contributed by atoms with Gasteiger partial charge in [-0.05, 0) is 41.7 Å². The smallest absolute Gasteiger partial charge is 0.419 e. The van der Waals surface area contributed by atoms with E-state index in [4.69, 9.17) is 16.3 Å². The molecule has 1 heterocycles. The van der Waals surface area contributed by atoms with Gasteiger partial charge in [0.1, 0.15) is 5.75 Å². The Morgan fingerprint density at radius 3 is 2.67 bits per heavy atom. The fourth-order valence-electron chi connectivity index (χ4n) is 4.49. The summed E-state index contributed by atoms with van der Waals surface area (Å²) in [7, 11) is 1.43. The summed E-state index contributed by atoms with van der Waals surface area (Å²) in [5, 5.41) is 21.7. The van der Waals surface area contributed by atoms with Crippen LogP contribution in [0.4, 0.5) is 18.9 Å². The molecule has 0 fully saturated rings. The van der Waals surface area contributed by atoms with Crippen molar-refractivity contribution < 1.29 is 23.0 Å². The Morgan fingerprint density at radius 2 is 2.00 bits per heavy atom. The topological polar surface area (TPSA) is 70.2 Å². The number of anilines is 1. The van der Waals surface area contributed by atoms with Gasteiger partial charge in [-0.1, -0.05) is 31.5 Å². The number of fused-ring (bicyclic) bond motifs is 2. The molecule has 2 atom stereocenters. The molecule has 30 heavy (non-hydrogen) atoms. The number of aromatic nitrogens is 2. The highest BCUT2D eigenvalue weighted by atomic mass is 35.5. The third-order valence-electron chi connectivity index (χ3n) is 5.76. The lowest BCUT2D eigenvalue weighted by Crippen LogP contribution is -2.58. The molecule has 2 aromatic carbocycles. The number of aliphatic hydroxyl groups is 1. The summed E-state index contributed by atoms with van der Waals surface area (Å²) in [6.45, 7) is 3.30. The first kappa shape index (κ1) is 20.8. The van der Waals surface area contributed by atoms with Gasteiger partial charge in [0.25, 0.3) is 0 Å². The van der Waals surface area contributed by atoms with Gasteiger partial charge in [0.15, 0.2) is 5.60 Å². The Hall–Kier alpha value is -2.45. The monoisotopic (exact) mass is 439 g/mol. The number of hydrogen-bond donors (Lipinski definition) is 3. The van der Waals surface area contributed by atoms with E-state index in [2.05, 4.69) is 15.5 Å². The van der Waals surface area contributed by atoms with Gasteiger partial charge in [-0.15, -0.1) is 0 Å². The summed E-state index contributed by atoms with van der Waals surface area (Å²) in [6.07, 6.45) is -3.84. The molecule has 5 nitrogen and oxygen atoms in total. The Kier molecular flexibility index (Phi) is 4.70. The molecular formula is C21H21ClF3N3O2. The van der Waals surface area contributed by atoms with Gasteiger partial charge in [0.05, 0.1) is 29.9 Å². The van der Waals surface area contributed by atoms with E-state index in [-0.39, 0.29) is 0 Å². The van der Waals surface area contributed by atoms with Crippen molar-refractivity contribution in [2.24, 2.45) is 0 Å². The number of alkyl halides is 3. The molecule has 1 aliphatic carbocycles. The molecular weight excluding hydrogens is 419 g/mol. The summed E-state index contributed by atoms with van der Waals surface area (Å²) in [5.41, 5.74) is -2.02. The highest BCUT2D eigenvalue weighted by Crippen LogP contribution is 2.57. The Balaban J connectivity index is 1.92. The number of benzene rings is 2. The fourth-order valence-corrected chi connectivity index (χ4v) is 4.73. The van der Waals surface area contributed by atoms with Crippen LogP contribution in [0.3, 0.4) is 0 Å². The predicted molar refractivity (Wildman–Crippen MR) is 109 cm³/mol. The first-order chi connectivity index (χ1) is 14.0. The maximum absolute atomic E-state index is 14.2. The number of H-pyrrole nitrogens is 1. The van der Waals surface area contributed by atoms with Gasteiger partial charge >= 0.3 is 6.18 Å². The molecule has 1 aromatic heterocycles. The summed E-state index contributed by atoms with van der Waals surface area (Å²) in [4.78, 5) is 0. The number of nitrogens with one attached hydrogen (secondary N) is 2. The minimum Gasteiger partial charge on any atom is -0.495 e. The second kappa shape index (κ2) is 6.78. The van der Waals surface area contributed by atoms with Crippen LogP contribution in [0.1, 0.15) is 37.4 Å². The minimum absolute atomic E-state index is 0.291. The van der Waals surface area contributed by atoms with Crippen LogP contribution < -0.4 is 10.1 Å². The van der Waals surface area contributed by atoms with E-state index < -0.39 is 29.7 Å². The van der Waals surface area contributed by atoms with Crippen molar-refractivity contribution in [1.82, 2.24) is 10.2 Å². The molecule has 0 amide bonds. The quantitative estimate of drug-likeness (QED) is 0.514. The van der Waals surface area contributed by atoms with Crippen LogP contribution in [-0.4, -0.2) is 34.2 Å². The number of rotatable bonds is 3. The maximum Gasteiger partial charge on any atom is 0.419 e. The van der Waals surface area contributed by atoms with Crippen molar-refractivity contribution in [1.29, 1.82) is 0 Å². The first-order valence-electron chi connectivity index (χ1n) is 9.33. The van der Waals surface area contributed by atoms with Crippen LogP contribution >= 0.6 is 11.6 Å². The van der Waals surface area contributed by atoms with Crippen molar-refractivity contribution in [2.45, 2.75) is 43.5 Å². The Bertz CT molecular complexity index is 1110. The van der Waals surface area contributed by atoms with Crippen LogP contribution in [0.5, 0.6) is 5.75 Å². The van der Waals surface area contributed by atoms with E-state index in [9.17, 15) is 18.3 Å². The number of halogens is 4. The second-order valence-corrected chi connectivity index (χ2v) is 8.68. The maximum atomic E-state index is 14.2. The average Bonchev–Trinajstić information content (AvgIpc) is 3.11. The molecule has 0 spiro atoms. The van der Waals surface area contributed by atoms with Crippen molar-refractivity contribution in [3.63, 3.8) is 0 Å². The molecule has 3 aromatic rings. The summed E-state index contributed by atoms with van der Waals surface area (Å²) in [5.74, 6) is 0.320. The zero-order valence-electron chi connectivity index (χ0n) is 16.6. The van der Waals surface area contributed by atoms with E-state index in [1.807, 2.05) is 0 Å². The van der Waals surface area contributed by atoms with Crippen molar-refractivity contribution >= 4 is 28.2 Å². The second-order valence-electron chi connectivity index (χ2n) is 8.28. The van der Waals surface area contributed by atoms with E-state index in [1.165, 1.54) is 19.2 Å². The van der Waals surface area contributed by atoms with Gasteiger partial charge in [-0.3, -0.25) is 5.10 Å². The lowest BCUT2D eigenvalue weighted by molar-refractivity contribution is -0.275. The Morgan fingerprint density at radius 1 is 1.27 bits per heavy atom. The van der Waals surface area contributed by atoms with Crippen LogP contribution in [0.2, 0.25) is 5.02 Å². The van der Waals surface area contributed by atoms with Gasteiger partial charge in [0.2, 0.25) is 0 Å². The van der Waals surface area contributed by atoms with Crippen LogP contribution in [0, 0.1) is 0 Å². The number of ether oxygens (including phenoxy) is 1. The SMILES string of the molecule is COc1c(Cl)ccc2c1C(C)(C)CC(O)(C(F)(F)F)C2Nc1ccc2[nH]ncc2c1. The highest BCUT2D eigenvalue weighted by Gasteiger charge is 2.64. The summed E-state index contributed by atoms with van der Waals surface area (Å²) < 4.78 is 48.1. The van der Waals surface area contributed by atoms with E-state index in [0.29, 0.717) is 27.6 Å². The normalized spacial score (nSPS) is 23.3. The molecule has 0 bridgehead atoms. The Labute approximate surface area is 176 Å². The molecule has 0 saturated carbocycles. The summed E-state index contributed by atoms with van der Waals surface area (Å²) in [6, 6.07) is 6.59.